The zero-order valence-electron chi connectivity index (χ0n) is 9.83. The van der Waals surface area contributed by atoms with Crippen molar-refractivity contribution >= 4 is 17.2 Å². The maximum atomic E-state index is 11.9. The molecule has 4 heteroatoms. The van der Waals surface area contributed by atoms with Gasteiger partial charge in [-0.25, -0.2) is 4.98 Å². The van der Waals surface area contributed by atoms with Gasteiger partial charge in [0, 0.05) is 0 Å². The number of aromatic nitrogens is 1. The van der Waals surface area contributed by atoms with Crippen LogP contribution in [-0.2, 0) is 0 Å². The van der Waals surface area contributed by atoms with E-state index in [0.29, 0.717) is 4.88 Å². The fourth-order valence-corrected chi connectivity index (χ4v) is 2.27. The topological polar surface area (TPSA) is 42.0 Å². The van der Waals surface area contributed by atoms with E-state index in [-0.39, 0.29) is 11.9 Å². The van der Waals surface area contributed by atoms with E-state index in [4.69, 9.17) is 6.42 Å². The molecule has 1 aromatic heterocycles. The van der Waals surface area contributed by atoms with Gasteiger partial charge >= 0.3 is 0 Å². The van der Waals surface area contributed by atoms with E-state index in [2.05, 4.69) is 16.2 Å². The molecular weight excluding hydrogens is 220 g/mol. The van der Waals surface area contributed by atoms with Crippen LogP contribution in [0, 0.1) is 26.2 Å². The van der Waals surface area contributed by atoms with Crippen molar-refractivity contribution in [1.82, 2.24) is 10.3 Å². The van der Waals surface area contributed by atoms with E-state index >= 15 is 0 Å². The molecule has 0 fully saturated rings. The molecule has 3 nitrogen and oxygen atoms in total. The van der Waals surface area contributed by atoms with E-state index in [1.165, 1.54) is 11.3 Å². The van der Waals surface area contributed by atoms with Crippen LogP contribution in [-0.4, -0.2) is 16.9 Å². The molecule has 0 spiro atoms. The van der Waals surface area contributed by atoms with E-state index in [1.54, 1.807) is 0 Å². The fourth-order valence-electron chi connectivity index (χ4n) is 1.45. The van der Waals surface area contributed by atoms with Gasteiger partial charge in [0.1, 0.15) is 4.88 Å². The number of aryl methyl sites for hydroxylation is 2. The predicted molar refractivity (Wildman–Crippen MR) is 66.6 cm³/mol. The summed E-state index contributed by atoms with van der Waals surface area (Å²) in [7, 11) is 0. The van der Waals surface area contributed by atoms with Crippen LogP contribution in [0.5, 0.6) is 0 Å². The molecule has 0 aromatic carbocycles. The zero-order chi connectivity index (χ0) is 12.1. The highest BCUT2D eigenvalue weighted by atomic mass is 32.1. The highest BCUT2D eigenvalue weighted by molar-refractivity contribution is 7.13. The van der Waals surface area contributed by atoms with Gasteiger partial charge in [0.05, 0.1) is 16.7 Å². The molecule has 1 unspecified atom stereocenters. The second kappa shape index (κ2) is 5.66. The first kappa shape index (κ1) is 12.7. The SMILES string of the molecule is C#CC(CCC)NC(=O)c1sc(C)nc1C. The summed E-state index contributed by atoms with van der Waals surface area (Å²) in [5.74, 6) is 2.47. The van der Waals surface area contributed by atoms with Crippen LogP contribution in [0.25, 0.3) is 0 Å². The Morgan fingerprint density at radius 3 is 2.75 bits per heavy atom. The molecule has 0 radical (unpaired) electrons. The van der Waals surface area contributed by atoms with Gasteiger partial charge in [-0.05, 0) is 20.3 Å². The maximum Gasteiger partial charge on any atom is 0.264 e. The van der Waals surface area contributed by atoms with Gasteiger partial charge in [0.15, 0.2) is 0 Å². The van der Waals surface area contributed by atoms with Crippen LogP contribution < -0.4 is 5.32 Å². The number of hydrogen-bond donors (Lipinski definition) is 1. The molecule has 0 aliphatic rings. The average Bonchev–Trinajstić information content (AvgIpc) is 2.57. The summed E-state index contributed by atoms with van der Waals surface area (Å²) in [5, 5.41) is 3.73. The van der Waals surface area contributed by atoms with Crippen molar-refractivity contribution in [3.8, 4) is 12.3 Å². The molecule has 0 saturated heterocycles. The number of rotatable bonds is 4. The number of terminal acetylenes is 1. The molecule has 16 heavy (non-hydrogen) atoms. The Hall–Kier alpha value is -1.34. The lowest BCUT2D eigenvalue weighted by atomic mass is 10.2. The first-order valence-corrected chi connectivity index (χ1v) is 6.11. The molecule has 1 aromatic rings. The summed E-state index contributed by atoms with van der Waals surface area (Å²) in [6.07, 6.45) is 7.11. The Balaban J connectivity index is 2.72. The van der Waals surface area contributed by atoms with Crippen molar-refractivity contribution in [2.24, 2.45) is 0 Å². The molecular formula is C12H16N2OS. The highest BCUT2D eigenvalue weighted by Gasteiger charge is 2.16. The van der Waals surface area contributed by atoms with E-state index < -0.39 is 0 Å². The van der Waals surface area contributed by atoms with Crippen molar-refractivity contribution in [2.75, 3.05) is 0 Å². The number of nitrogens with zero attached hydrogens (tertiary/aromatic N) is 1. The predicted octanol–water partition coefficient (Wildman–Crippen LogP) is 2.29. The molecule has 1 N–H and O–H groups in total. The summed E-state index contributed by atoms with van der Waals surface area (Å²) in [6.45, 7) is 5.76. The Kier molecular flexibility index (Phi) is 4.51. The molecule has 0 saturated carbocycles. The van der Waals surface area contributed by atoms with Gasteiger partial charge in [-0.2, -0.15) is 0 Å². The van der Waals surface area contributed by atoms with Gasteiger partial charge in [-0.1, -0.05) is 19.3 Å². The minimum absolute atomic E-state index is 0.112. The van der Waals surface area contributed by atoms with Crippen LogP contribution in [0.3, 0.4) is 0 Å². The highest BCUT2D eigenvalue weighted by Crippen LogP contribution is 2.17. The molecule has 1 amide bonds. The minimum atomic E-state index is -0.181. The summed E-state index contributed by atoms with van der Waals surface area (Å²) in [4.78, 5) is 16.8. The lowest BCUT2D eigenvalue weighted by molar-refractivity contribution is 0.0947. The molecule has 1 rings (SSSR count). The maximum absolute atomic E-state index is 11.9. The smallest absolute Gasteiger partial charge is 0.264 e. The van der Waals surface area contributed by atoms with E-state index in [0.717, 1.165) is 23.5 Å². The van der Waals surface area contributed by atoms with Gasteiger partial charge in [0.25, 0.3) is 5.91 Å². The largest absolute Gasteiger partial charge is 0.338 e. The van der Waals surface area contributed by atoms with Crippen molar-refractivity contribution < 1.29 is 4.79 Å². The second-order valence-corrected chi connectivity index (χ2v) is 4.83. The van der Waals surface area contributed by atoms with Crippen molar-refractivity contribution in [2.45, 2.75) is 39.7 Å². The van der Waals surface area contributed by atoms with Crippen LogP contribution in [0.4, 0.5) is 0 Å². The fraction of sp³-hybridized carbons (Fsp3) is 0.500. The zero-order valence-corrected chi connectivity index (χ0v) is 10.6. The third-order valence-electron chi connectivity index (χ3n) is 2.19. The molecule has 1 atom stereocenters. The lowest BCUT2D eigenvalue weighted by Crippen LogP contribution is -2.33. The number of amides is 1. The van der Waals surface area contributed by atoms with Crippen LogP contribution in [0.15, 0.2) is 0 Å². The number of thiazole rings is 1. The first-order valence-electron chi connectivity index (χ1n) is 5.29. The Bertz CT molecular complexity index is 417. The van der Waals surface area contributed by atoms with Gasteiger partial charge in [-0.3, -0.25) is 4.79 Å². The Morgan fingerprint density at radius 1 is 1.62 bits per heavy atom. The van der Waals surface area contributed by atoms with E-state index in [1.807, 2.05) is 20.8 Å². The van der Waals surface area contributed by atoms with Crippen LogP contribution in [0.1, 0.15) is 40.1 Å². The first-order chi connectivity index (χ1) is 7.58. The van der Waals surface area contributed by atoms with Crippen LogP contribution >= 0.6 is 11.3 Å². The third-order valence-corrected chi connectivity index (χ3v) is 3.27. The molecule has 1 heterocycles. The number of nitrogens with one attached hydrogen (secondary N) is 1. The minimum Gasteiger partial charge on any atom is -0.338 e. The van der Waals surface area contributed by atoms with Gasteiger partial charge in [0.2, 0.25) is 0 Å². The van der Waals surface area contributed by atoms with Crippen molar-refractivity contribution in [3.05, 3.63) is 15.6 Å². The summed E-state index contributed by atoms with van der Waals surface area (Å²) in [6, 6.07) is -0.181. The Morgan fingerprint density at radius 2 is 2.31 bits per heavy atom. The summed E-state index contributed by atoms with van der Waals surface area (Å²) in [5.41, 5.74) is 0.771. The second-order valence-electron chi connectivity index (χ2n) is 3.63. The molecule has 0 aliphatic heterocycles. The molecule has 86 valence electrons. The normalized spacial score (nSPS) is 11.9. The number of carbonyl (C=O) groups excluding carboxylic acids is 1. The quantitative estimate of drug-likeness (QED) is 0.815. The standard InChI is InChI=1S/C12H16N2OS/c1-5-7-10(6-2)14-12(15)11-8(3)13-9(4)16-11/h2,10H,5,7H2,1,3-4H3,(H,14,15). The Labute approximate surface area is 100 Å². The lowest BCUT2D eigenvalue weighted by Gasteiger charge is -2.10. The van der Waals surface area contributed by atoms with E-state index in [9.17, 15) is 4.79 Å². The number of carbonyl (C=O) groups is 1. The van der Waals surface area contributed by atoms with Gasteiger partial charge in [-0.15, -0.1) is 17.8 Å². The summed E-state index contributed by atoms with van der Waals surface area (Å²) >= 11 is 1.40. The van der Waals surface area contributed by atoms with Gasteiger partial charge < -0.3 is 5.32 Å². The van der Waals surface area contributed by atoms with Crippen molar-refractivity contribution in [1.29, 1.82) is 0 Å². The molecule has 0 bridgehead atoms. The summed E-state index contributed by atoms with van der Waals surface area (Å²) < 4.78 is 0. The number of hydrogen-bond acceptors (Lipinski definition) is 3. The third kappa shape index (κ3) is 3.07. The molecule has 0 aliphatic carbocycles. The monoisotopic (exact) mass is 236 g/mol. The average molecular weight is 236 g/mol. The van der Waals surface area contributed by atoms with Crippen LogP contribution in [0.2, 0.25) is 0 Å². The van der Waals surface area contributed by atoms with Crippen molar-refractivity contribution in [3.63, 3.8) is 0 Å².